The van der Waals surface area contributed by atoms with E-state index in [4.69, 9.17) is 0 Å². The highest BCUT2D eigenvalue weighted by atomic mass is 16.2. The van der Waals surface area contributed by atoms with Gasteiger partial charge in [0.1, 0.15) is 0 Å². The number of carbonyl (C=O) groups excluding carboxylic acids is 2. The standard InChI is InChI=1S/C20H33N5O2/c1-7-14(2)24-18(27)16-10-8-9-15(11-16)12-22-19(21-6)23-13-17(26)25-20(3,4)5/h8-11,14H,7,12-13H2,1-6H3,(H,24,27)(H,25,26)(H2,21,22,23). The van der Waals surface area contributed by atoms with Crippen LogP contribution in [-0.4, -0.2) is 42.9 Å². The molecular weight excluding hydrogens is 342 g/mol. The second-order valence-corrected chi connectivity index (χ2v) is 7.56. The highest BCUT2D eigenvalue weighted by molar-refractivity contribution is 5.94. The van der Waals surface area contributed by atoms with Crippen LogP contribution in [0.15, 0.2) is 29.3 Å². The second kappa shape index (κ2) is 10.5. The van der Waals surface area contributed by atoms with Crippen LogP contribution in [0.3, 0.4) is 0 Å². The van der Waals surface area contributed by atoms with E-state index in [2.05, 4.69) is 26.3 Å². The summed E-state index contributed by atoms with van der Waals surface area (Å²) < 4.78 is 0. The minimum atomic E-state index is -0.272. The summed E-state index contributed by atoms with van der Waals surface area (Å²) in [6.07, 6.45) is 0.887. The maximum atomic E-state index is 12.2. The van der Waals surface area contributed by atoms with Gasteiger partial charge >= 0.3 is 0 Å². The number of hydrogen-bond acceptors (Lipinski definition) is 3. The number of carbonyl (C=O) groups is 2. The maximum Gasteiger partial charge on any atom is 0.251 e. The van der Waals surface area contributed by atoms with Crippen molar-refractivity contribution in [3.05, 3.63) is 35.4 Å². The number of hydrogen-bond donors (Lipinski definition) is 4. The van der Waals surface area contributed by atoms with E-state index in [9.17, 15) is 9.59 Å². The summed E-state index contributed by atoms with van der Waals surface area (Å²) in [5, 5.41) is 12.0. The van der Waals surface area contributed by atoms with E-state index < -0.39 is 0 Å². The van der Waals surface area contributed by atoms with Crippen molar-refractivity contribution < 1.29 is 9.59 Å². The van der Waals surface area contributed by atoms with Crippen molar-refractivity contribution in [3.63, 3.8) is 0 Å². The Bertz CT molecular complexity index is 665. The number of aliphatic imine (C=N–C) groups is 1. The number of nitrogens with one attached hydrogen (secondary N) is 4. The van der Waals surface area contributed by atoms with E-state index in [1.54, 1.807) is 13.1 Å². The zero-order valence-corrected chi connectivity index (χ0v) is 17.3. The Morgan fingerprint density at radius 1 is 1.19 bits per heavy atom. The molecule has 1 unspecified atom stereocenters. The van der Waals surface area contributed by atoms with Crippen LogP contribution >= 0.6 is 0 Å². The van der Waals surface area contributed by atoms with Gasteiger partial charge in [0.2, 0.25) is 5.91 Å². The average Bonchev–Trinajstić information content (AvgIpc) is 2.60. The third kappa shape index (κ3) is 9.08. The molecule has 2 amide bonds. The molecule has 1 atom stereocenters. The Morgan fingerprint density at radius 3 is 2.48 bits per heavy atom. The van der Waals surface area contributed by atoms with Gasteiger partial charge in [0.15, 0.2) is 5.96 Å². The third-order valence-electron chi connectivity index (χ3n) is 3.79. The summed E-state index contributed by atoms with van der Waals surface area (Å²) in [6.45, 7) is 10.4. The Labute approximate surface area is 162 Å². The van der Waals surface area contributed by atoms with Crippen molar-refractivity contribution in [1.82, 2.24) is 21.3 Å². The van der Waals surface area contributed by atoms with E-state index in [1.165, 1.54) is 0 Å². The van der Waals surface area contributed by atoms with Crippen LogP contribution < -0.4 is 21.3 Å². The molecule has 0 fully saturated rings. The lowest BCUT2D eigenvalue weighted by molar-refractivity contribution is -0.121. The van der Waals surface area contributed by atoms with Gasteiger partial charge in [-0.3, -0.25) is 14.6 Å². The average molecular weight is 376 g/mol. The van der Waals surface area contributed by atoms with Crippen LogP contribution in [0.4, 0.5) is 0 Å². The van der Waals surface area contributed by atoms with Crippen LogP contribution in [0.5, 0.6) is 0 Å². The van der Waals surface area contributed by atoms with Crippen LogP contribution in [0.1, 0.15) is 57.0 Å². The van der Waals surface area contributed by atoms with E-state index in [0.717, 1.165) is 12.0 Å². The highest BCUT2D eigenvalue weighted by Gasteiger charge is 2.14. The lowest BCUT2D eigenvalue weighted by atomic mass is 10.1. The molecule has 0 aliphatic carbocycles. The molecule has 7 heteroatoms. The van der Waals surface area contributed by atoms with Crippen molar-refractivity contribution >= 4 is 17.8 Å². The summed E-state index contributed by atoms with van der Waals surface area (Å²) in [4.78, 5) is 28.2. The van der Waals surface area contributed by atoms with E-state index in [-0.39, 0.29) is 29.9 Å². The van der Waals surface area contributed by atoms with Crippen molar-refractivity contribution in [1.29, 1.82) is 0 Å². The van der Waals surface area contributed by atoms with Crippen molar-refractivity contribution in [2.24, 2.45) is 4.99 Å². The molecule has 27 heavy (non-hydrogen) atoms. The molecule has 1 aromatic rings. The summed E-state index contributed by atoms with van der Waals surface area (Å²) in [7, 11) is 1.65. The molecule has 4 N–H and O–H groups in total. The van der Waals surface area contributed by atoms with Crippen LogP contribution in [0.25, 0.3) is 0 Å². The molecule has 150 valence electrons. The molecule has 0 saturated carbocycles. The van der Waals surface area contributed by atoms with Crippen molar-refractivity contribution in [2.75, 3.05) is 13.6 Å². The second-order valence-electron chi connectivity index (χ2n) is 7.56. The molecule has 7 nitrogen and oxygen atoms in total. The van der Waals surface area contributed by atoms with Crippen LogP contribution in [0, 0.1) is 0 Å². The number of guanidine groups is 1. The zero-order chi connectivity index (χ0) is 20.4. The lowest BCUT2D eigenvalue weighted by Gasteiger charge is -2.21. The fourth-order valence-electron chi connectivity index (χ4n) is 2.26. The molecule has 0 aliphatic heterocycles. The Hall–Kier alpha value is -2.57. The van der Waals surface area contributed by atoms with E-state index in [0.29, 0.717) is 18.1 Å². The summed E-state index contributed by atoms with van der Waals surface area (Å²) in [6, 6.07) is 7.58. The number of amides is 2. The minimum absolute atomic E-state index is 0.0763. The Kier molecular flexibility index (Phi) is 8.78. The topological polar surface area (TPSA) is 94.6 Å². The molecular formula is C20H33N5O2. The predicted octanol–water partition coefficient (Wildman–Crippen LogP) is 1.79. The Morgan fingerprint density at radius 2 is 1.89 bits per heavy atom. The zero-order valence-electron chi connectivity index (χ0n) is 17.3. The largest absolute Gasteiger partial charge is 0.352 e. The number of rotatable bonds is 7. The molecule has 0 heterocycles. The van der Waals surface area contributed by atoms with Crippen LogP contribution in [0.2, 0.25) is 0 Å². The molecule has 1 aromatic carbocycles. The number of benzene rings is 1. The summed E-state index contributed by atoms with van der Waals surface area (Å²) in [5.74, 6) is 0.343. The first-order chi connectivity index (χ1) is 12.6. The fraction of sp³-hybridized carbons (Fsp3) is 0.550. The van der Waals surface area contributed by atoms with Gasteiger partial charge in [-0.1, -0.05) is 19.1 Å². The molecule has 0 radical (unpaired) electrons. The monoisotopic (exact) mass is 375 g/mol. The predicted molar refractivity (Wildman–Crippen MR) is 110 cm³/mol. The smallest absolute Gasteiger partial charge is 0.251 e. The SMILES string of the molecule is CCC(C)NC(=O)c1cccc(CNC(=NC)NCC(=O)NC(C)(C)C)c1. The van der Waals surface area contributed by atoms with Gasteiger partial charge in [-0.05, 0) is 51.8 Å². The minimum Gasteiger partial charge on any atom is -0.352 e. The molecule has 0 aromatic heterocycles. The van der Waals surface area contributed by atoms with Gasteiger partial charge in [-0.2, -0.15) is 0 Å². The number of nitrogens with zero attached hydrogens (tertiary/aromatic N) is 1. The Balaban J connectivity index is 2.57. The van der Waals surface area contributed by atoms with Crippen LogP contribution in [-0.2, 0) is 11.3 Å². The fourth-order valence-corrected chi connectivity index (χ4v) is 2.26. The van der Waals surface area contributed by atoms with Gasteiger partial charge in [-0.25, -0.2) is 0 Å². The van der Waals surface area contributed by atoms with E-state index in [1.807, 2.05) is 52.8 Å². The maximum absolute atomic E-state index is 12.2. The quantitative estimate of drug-likeness (QED) is 0.432. The van der Waals surface area contributed by atoms with Crippen molar-refractivity contribution in [2.45, 2.75) is 59.2 Å². The summed E-state index contributed by atoms with van der Waals surface area (Å²) in [5.41, 5.74) is 1.31. The van der Waals surface area contributed by atoms with Gasteiger partial charge in [-0.15, -0.1) is 0 Å². The first-order valence-electron chi connectivity index (χ1n) is 9.30. The lowest BCUT2D eigenvalue weighted by Crippen LogP contribution is -2.48. The third-order valence-corrected chi connectivity index (χ3v) is 3.79. The molecule has 0 bridgehead atoms. The molecule has 0 saturated heterocycles. The van der Waals surface area contributed by atoms with Gasteiger partial charge in [0, 0.05) is 30.7 Å². The van der Waals surface area contributed by atoms with E-state index >= 15 is 0 Å². The first-order valence-corrected chi connectivity index (χ1v) is 9.30. The van der Waals surface area contributed by atoms with Crippen molar-refractivity contribution in [3.8, 4) is 0 Å². The highest BCUT2D eigenvalue weighted by Crippen LogP contribution is 2.06. The normalized spacial score (nSPS) is 12.9. The van der Waals surface area contributed by atoms with Gasteiger partial charge < -0.3 is 21.3 Å². The summed E-state index contributed by atoms with van der Waals surface area (Å²) >= 11 is 0. The molecule has 1 rings (SSSR count). The van der Waals surface area contributed by atoms with Gasteiger partial charge in [0.05, 0.1) is 6.54 Å². The molecule has 0 aliphatic rings. The van der Waals surface area contributed by atoms with Gasteiger partial charge in [0.25, 0.3) is 5.91 Å². The molecule has 0 spiro atoms. The first kappa shape index (κ1) is 22.5.